The van der Waals surface area contributed by atoms with Gasteiger partial charge < -0.3 is 15.7 Å². The molecule has 0 unspecified atom stereocenters. The van der Waals surface area contributed by atoms with Gasteiger partial charge in [-0.3, -0.25) is 0 Å². The molecule has 1 aliphatic rings. The Hall–Kier alpha value is -1.78. The number of pyridine rings is 1. The van der Waals surface area contributed by atoms with Crippen molar-refractivity contribution in [1.29, 1.82) is 0 Å². The predicted octanol–water partition coefficient (Wildman–Crippen LogP) is 1.35. The van der Waals surface area contributed by atoms with Gasteiger partial charge in [0.15, 0.2) is 11.5 Å². The number of amidine groups is 1. The number of oxime groups is 1. The molecule has 0 aromatic carbocycles. The SMILES string of the molecule is N/C(=N/O)c1ncccc1OCCC1CC1. The van der Waals surface area contributed by atoms with E-state index in [1.807, 2.05) is 0 Å². The predicted molar refractivity (Wildman–Crippen MR) is 59.6 cm³/mol. The van der Waals surface area contributed by atoms with Crippen molar-refractivity contribution in [2.45, 2.75) is 19.3 Å². The Balaban J connectivity index is 2.00. The first-order chi connectivity index (χ1) is 7.81. The molecule has 0 spiro atoms. The van der Waals surface area contributed by atoms with Crippen LogP contribution < -0.4 is 10.5 Å². The Morgan fingerprint density at radius 2 is 2.44 bits per heavy atom. The van der Waals surface area contributed by atoms with Gasteiger partial charge in [0.05, 0.1) is 6.61 Å². The van der Waals surface area contributed by atoms with Crippen LogP contribution in [0, 0.1) is 5.92 Å². The van der Waals surface area contributed by atoms with Crippen molar-refractivity contribution in [3.05, 3.63) is 24.0 Å². The zero-order valence-electron chi connectivity index (χ0n) is 8.97. The van der Waals surface area contributed by atoms with E-state index < -0.39 is 0 Å². The highest BCUT2D eigenvalue weighted by molar-refractivity contribution is 5.97. The highest BCUT2D eigenvalue weighted by atomic mass is 16.5. The van der Waals surface area contributed by atoms with Gasteiger partial charge in [-0.25, -0.2) is 4.98 Å². The van der Waals surface area contributed by atoms with Crippen molar-refractivity contribution < 1.29 is 9.94 Å². The Kier molecular flexibility index (Phi) is 3.24. The minimum Gasteiger partial charge on any atom is -0.491 e. The fraction of sp³-hybridized carbons (Fsp3) is 0.455. The largest absolute Gasteiger partial charge is 0.491 e. The molecule has 0 aliphatic heterocycles. The molecule has 1 aliphatic carbocycles. The topological polar surface area (TPSA) is 80.7 Å². The van der Waals surface area contributed by atoms with Crippen molar-refractivity contribution in [2.24, 2.45) is 16.8 Å². The van der Waals surface area contributed by atoms with Gasteiger partial charge in [0, 0.05) is 6.20 Å². The van der Waals surface area contributed by atoms with Gasteiger partial charge in [-0.05, 0) is 24.5 Å². The maximum atomic E-state index is 8.60. The third kappa shape index (κ3) is 2.62. The van der Waals surface area contributed by atoms with Gasteiger partial charge in [0.1, 0.15) is 5.75 Å². The highest BCUT2D eigenvalue weighted by Crippen LogP contribution is 2.32. The molecule has 1 aromatic rings. The second kappa shape index (κ2) is 4.83. The van der Waals surface area contributed by atoms with Crippen LogP contribution in [0.4, 0.5) is 0 Å². The number of ether oxygens (including phenoxy) is 1. The molecule has 1 heterocycles. The van der Waals surface area contributed by atoms with Crippen LogP contribution in [-0.4, -0.2) is 22.6 Å². The highest BCUT2D eigenvalue weighted by Gasteiger charge is 2.21. The quantitative estimate of drug-likeness (QED) is 0.340. The van der Waals surface area contributed by atoms with Gasteiger partial charge in [0.25, 0.3) is 0 Å². The summed E-state index contributed by atoms with van der Waals surface area (Å²) in [5.74, 6) is 1.37. The van der Waals surface area contributed by atoms with Crippen molar-refractivity contribution in [2.75, 3.05) is 6.61 Å². The fourth-order valence-electron chi connectivity index (χ4n) is 1.49. The van der Waals surface area contributed by atoms with Crippen LogP contribution in [0.1, 0.15) is 25.0 Å². The lowest BCUT2D eigenvalue weighted by Crippen LogP contribution is -2.17. The summed E-state index contributed by atoms with van der Waals surface area (Å²) in [5, 5.41) is 11.5. The Morgan fingerprint density at radius 1 is 1.62 bits per heavy atom. The molecule has 0 radical (unpaired) electrons. The number of hydrogen-bond donors (Lipinski definition) is 2. The average molecular weight is 221 g/mol. The van der Waals surface area contributed by atoms with Crippen LogP contribution in [0.5, 0.6) is 5.75 Å². The summed E-state index contributed by atoms with van der Waals surface area (Å²) in [6.07, 6.45) is 5.26. The van der Waals surface area contributed by atoms with Gasteiger partial charge in [-0.2, -0.15) is 0 Å². The Bertz CT molecular complexity index is 389. The molecule has 0 amide bonds. The van der Waals surface area contributed by atoms with Crippen LogP contribution in [0.3, 0.4) is 0 Å². The van der Waals surface area contributed by atoms with E-state index in [2.05, 4.69) is 10.1 Å². The molecule has 16 heavy (non-hydrogen) atoms. The lowest BCUT2D eigenvalue weighted by molar-refractivity contribution is 0.298. The minimum absolute atomic E-state index is 0.0259. The molecule has 1 fully saturated rings. The first-order valence-corrected chi connectivity index (χ1v) is 5.37. The molecule has 0 atom stereocenters. The molecule has 2 rings (SSSR count). The van der Waals surface area contributed by atoms with Crippen LogP contribution in [-0.2, 0) is 0 Å². The molecule has 1 saturated carbocycles. The van der Waals surface area contributed by atoms with Crippen LogP contribution in [0.15, 0.2) is 23.5 Å². The lowest BCUT2D eigenvalue weighted by Gasteiger charge is -2.08. The molecule has 0 bridgehead atoms. The third-order valence-electron chi connectivity index (χ3n) is 2.60. The van der Waals surface area contributed by atoms with Crippen molar-refractivity contribution in [3.8, 4) is 5.75 Å². The summed E-state index contributed by atoms with van der Waals surface area (Å²) < 4.78 is 5.58. The molecular formula is C11H15N3O2. The van der Waals surface area contributed by atoms with Crippen LogP contribution in [0.25, 0.3) is 0 Å². The molecule has 5 heteroatoms. The van der Waals surface area contributed by atoms with Crippen molar-refractivity contribution in [3.63, 3.8) is 0 Å². The van der Waals surface area contributed by atoms with Crippen molar-refractivity contribution in [1.82, 2.24) is 4.98 Å². The number of nitrogens with zero attached hydrogens (tertiary/aromatic N) is 2. The first-order valence-electron chi connectivity index (χ1n) is 5.37. The Labute approximate surface area is 93.9 Å². The van der Waals surface area contributed by atoms with E-state index >= 15 is 0 Å². The molecule has 3 N–H and O–H groups in total. The summed E-state index contributed by atoms with van der Waals surface area (Å²) in [6, 6.07) is 3.54. The van der Waals surface area contributed by atoms with Crippen molar-refractivity contribution >= 4 is 5.84 Å². The second-order valence-electron chi connectivity index (χ2n) is 3.92. The van der Waals surface area contributed by atoms with E-state index in [9.17, 15) is 0 Å². The summed E-state index contributed by atoms with van der Waals surface area (Å²) in [5.41, 5.74) is 5.89. The fourth-order valence-corrected chi connectivity index (χ4v) is 1.49. The second-order valence-corrected chi connectivity index (χ2v) is 3.92. The number of aromatic nitrogens is 1. The smallest absolute Gasteiger partial charge is 0.192 e. The van der Waals surface area contributed by atoms with Gasteiger partial charge in [0.2, 0.25) is 0 Å². The lowest BCUT2D eigenvalue weighted by atomic mass is 10.3. The standard InChI is InChI=1S/C11H15N3O2/c12-11(14-15)10-9(2-1-6-13-10)16-7-5-8-3-4-8/h1-2,6,8,15H,3-5,7H2,(H2,12,14). The monoisotopic (exact) mass is 221 g/mol. The summed E-state index contributed by atoms with van der Waals surface area (Å²) in [6.45, 7) is 0.655. The van der Waals surface area contributed by atoms with E-state index in [1.54, 1.807) is 18.3 Å². The molecule has 0 saturated heterocycles. The Morgan fingerprint density at radius 3 is 3.12 bits per heavy atom. The van der Waals surface area contributed by atoms with E-state index in [0.29, 0.717) is 18.1 Å². The molecular weight excluding hydrogens is 206 g/mol. The molecule has 1 aromatic heterocycles. The zero-order chi connectivity index (χ0) is 11.4. The zero-order valence-corrected chi connectivity index (χ0v) is 8.97. The van der Waals surface area contributed by atoms with E-state index in [1.165, 1.54) is 12.8 Å². The third-order valence-corrected chi connectivity index (χ3v) is 2.60. The maximum Gasteiger partial charge on any atom is 0.192 e. The first kappa shape index (κ1) is 10.7. The van der Waals surface area contributed by atoms with Crippen LogP contribution in [0.2, 0.25) is 0 Å². The number of rotatable bonds is 5. The minimum atomic E-state index is -0.0259. The van der Waals surface area contributed by atoms with Gasteiger partial charge >= 0.3 is 0 Å². The number of nitrogens with two attached hydrogens (primary N) is 1. The summed E-state index contributed by atoms with van der Waals surface area (Å²) >= 11 is 0. The van der Waals surface area contributed by atoms with E-state index in [0.717, 1.165) is 12.3 Å². The van der Waals surface area contributed by atoms with Gasteiger partial charge in [-0.15, -0.1) is 0 Å². The normalized spacial score (nSPS) is 16.1. The van der Waals surface area contributed by atoms with E-state index in [-0.39, 0.29) is 5.84 Å². The molecule has 86 valence electrons. The number of hydrogen-bond acceptors (Lipinski definition) is 4. The van der Waals surface area contributed by atoms with E-state index in [4.69, 9.17) is 15.7 Å². The van der Waals surface area contributed by atoms with Gasteiger partial charge in [-0.1, -0.05) is 18.0 Å². The maximum absolute atomic E-state index is 8.60. The molecule has 5 nitrogen and oxygen atoms in total. The average Bonchev–Trinajstić information content (AvgIpc) is 3.13. The summed E-state index contributed by atoms with van der Waals surface area (Å²) in [4.78, 5) is 4.02. The van der Waals surface area contributed by atoms with Crippen LogP contribution >= 0.6 is 0 Å². The summed E-state index contributed by atoms with van der Waals surface area (Å²) in [7, 11) is 0.